The fourth-order valence-electron chi connectivity index (χ4n) is 8.92. The van der Waals surface area contributed by atoms with Crippen LogP contribution in [0.5, 0.6) is 0 Å². The number of aryl methyl sites for hydroxylation is 1. The van der Waals surface area contributed by atoms with Crippen LogP contribution in [0.15, 0.2) is 71.1 Å². The fraction of sp³-hybridized carbons (Fsp3) is 0.615. The molecule has 5 aliphatic rings. The summed E-state index contributed by atoms with van der Waals surface area (Å²) in [4.78, 5) is 15.2. The molecule has 2 N–H and O–H groups in total. The molecule has 0 saturated carbocycles. The van der Waals surface area contributed by atoms with Crippen LogP contribution in [0.4, 0.5) is 0 Å². The molecular weight excluding hydrogens is 578 g/mol. The average Bonchev–Trinajstić information content (AvgIpc) is 3.48. The lowest BCUT2D eigenvalue weighted by Gasteiger charge is -2.50. The van der Waals surface area contributed by atoms with Gasteiger partial charge in [-0.05, 0) is 80.4 Å². The number of esters is 1. The Bertz CT molecular complexity index is 1390. The molecule has 7 nitrogen and oxygen atoms in total. The van der Waals surface area contributed by atoms with Crippen molar-refractivity contribution in [1.29, 1.82) is 0 Å². The summed E-state index contributed by atoms with van der Waals surface area (Å²) in [6.45, 7) is 7.12. The molecule has 1 aliphatic carbocycles. The summed E-state index contributed by atoms with van der Waals surface area (Å²) in [6, 6.07) is 9.39. The Kier molecular flexibility index (Phi) is 10.4. The van der Waals surface area contributed by atoms with E-state index in [9.17, 15) is 15.0 Å². The summed E-state index contributed by atoms with van der Waals surface area (Å²) in [5.41, 5.74) is 2.93. The second-order valence-corrected chi connectivity index (χ2v) is 14.4. The molecule has 1 aromatic rings. The third-order valence-electron chi connectivity index (χ3n) is 11.2. The van der Waals surface area contributed by atoms with E-state index in [0.29, 0.717) is 17.6 Å². The third kappa shape index (κ3) is 6.61. The number of hydrogen-bond donors (Lipinski definition) is 2. The van der Waals surface area contributed by atoms with Crippen LogP contribution in [0.3, 0.4) is 0 Å². The van der Waals surface area contributed by atoms with E-state index in [4.69, 9.17) is 14.2 Å². The van der Waals surface area contributed by atoms with Gasteiger partial charge < -0.3 is 24.4 Å². The van der Waals surface area contributed by atoms with Crippen molar-refractivity contribution in [1.82, 2.24) is 4.90 Å². The Morgan fingerprint density at radius 1 is 1.11 bits per heavy atom. The van der Waals surface area contributed by atoms with Crippen LogP contribution in [0.25, 0.3) is 0 Å². The Hall–Kier alpha value is -2.87. The number of aliphatic hydroxyl groups is 2. The van der Waals surface area contributed by atoms with Gasteiger partial charge in [-0.25, -0.2) is 4.79 Å². The summed E-state index contributed by atoms with van der Waals surface area (Å²) >= 11 is 0. The van der Waals surface area contributed by atoms with Crippen molar-refractivity contribution in [2.45, 2.75) is 103 Å². The summed E-state index contributed by atoms with van der Waals surface area (Å²) in [5.74, 6) is 2.60. The molecule has 2 fully saturated rings. The number of fused-ring (bicyclic) bond motifs is 3. The quantitative estimate of drug-likeness (QED) is 0.171. The van der Waals surface area contributed by atoms with Gasteiger partial charge in [0.05, 0.1) is 19.8 Å². The van der Waals surface area contributed by atoms with E-state index in [-0.39, 0.29) is 46.9 Å². The highest BCUT2D eigenvalue weighted by Crippen LogP contribution is 2.51. The first-order chi connectivity index (χ1) is 22.3. The first-order valence-electron chi connectivity index (χ1n) is 17.7. The average molecular weight is 632 g/mol. The van der Waals surface area contributed by atoms with Crippen molar-refractivity contribution in [3.05, 3.63) is 82.2 Å². The molecule has 6 rings (SSSR count). The molecule has 0 bridgehead atoms. The van der Waals surface area contributed by atoms with Crippen LogP contribution in [0.2, 0.25) is 0 Å². The fourth-order valence-corrected chi connectivity index (χ4v) is 8.92. The maximum absolute atomic E-state index is 12.6. The molecule has 46 heavy (non-hydrogen) atoms. The second kappa shape index (κ2) is 14.5. The van der Waals surface area contributed by atoms with Crippen molar-refractivity contribution < 1.29 is 29.2 Å². The standard InChI is InChI=1S/C39H53NO6/c1-5-6-7-12-26-13-9-14-27(19-26)20-28-21-31-34-25(3)36(38-37(44-4)30(23-41)39(43)46-38)45-33(34)16-10-17-40(31)32(22-28)35(42)29-15-8-11-24(2)18-29/h8-9,13-16,19,24-25,28-29,31-32,34-35,41-42H,5-7,10-12,17-18,20-23H2,1-4H3/b38-36-/t24-,25+,28-,29-,31+,32+,34-,35+/m1/s1. The summed E-state index contributed by atoms with van der Waals surface area (Å²) in [5, 5.41) is 22.0. The molecule has 0 amide bonds. The van der Waals surface area contributed by atoms with Gasteiger partial charge in [-0.3, -0.25) is 4.90 Å². The van der Waals surface area contributed by atoms with Gasteiger partial charge in [0.25, 0.3) is 0 Å². The number of nitrogens with zero attached hydrogens (tertiary/aromatic N) is 1. The van der Waals surface area contributed by atoms with Gasteiger partial charge in [-0.1, -0.05) is 70.0 Å². The molecule has 0 unspecified atom stereocenters. The highest BCUT2D eigenvalue weighted by Gasteiger charge is 2.52. The molecule has 8 atom stereocenters. The summed E-state index contributed by atoms with van der Waals surface area (Å²) in [7, 11) is 1.49. The van der Waals surface area contributed by atoms with Crippen molar-refractivity contribution in [2.75, 3.05) is 20.3 Å². The van der Waals surface area contributed by atoms with Crippen LogP contribution < -0.4 is 0 Å². The molecule has 0 spiro atoms. The number of rotatable bonds is 10. The zero-order valence-electron chi connectivity index (χ0n) is 28.1. The zero-order chi connectivity index (χ0) is 32.4. The first-order valence-corrected chi connectivity index (χ1v) is 17.7. The third-order valence-corrected chi connectivity index (χ3v) is 11.2. The molecule has 2 saturated heterocycles. The minimum absolute atomic E-state index is 0.0489. The number of benzene rings is 1. The molecule has 0 aromatic heterocycles. The molecule has 7 heteroatoms. The van der Waals surface area contributed by atoms with Crippen LogP contribution in [0.1, 0.15) is 83.3 Å². The van der Waals surface area contributed by atoms with Gasteiger partial charge in [-0.15, -0.1) is 0 Å². The lowest BCUT2D eigenvalue weighted by molar-refractivity contribution is -0.133. The van der Waals surface area contributed by atoms with Crippen LogP contribution in [-0.2, 0) is 31.8 Å². The number of unbranched alkanes of at least 4 members (excludes halogenated alkanes) is 2. The van der Waals surface area contributed by atoms with E-state index in [0.717, 1.165) is 57.2 Å². The van der Waals surface area contributed by atoms with Crippen molar-refractivity contribution in [3.8, 4) is 0 Å². The number of methoxy groups -OCH3 is 1. The SMILES string of the molecule is CCCCCc1cccc(C[C@H]2C[C@@H]([C@@H](O)[C@@H]3C=CC[C@@H](C)C3)N3CCC=C4O/C(=C5\OC(=O)C(CO)=C5OC)[C@@H](C)[C@@H]4[C@@H]3C2)c1. The molecular formula is C39H53NO6. The lowest BCUT2D eigenvalue weighted by atomic mass is 9.71. The maximum Gasteiger partial charge on any atom is 0.345 e. The van der Waals surface area contributed by atoms with Crippen LogP contribution >= 0.6 is 0 Å². The van der Waals surface area contributed by atoms with E-state index in [1.54, 1.807) is 0 Å². The number of carbonyl (C=O) groups excluding carboxylic acids is 1. The molecule has 4 aliphatic heterocycles. The Morgan fingerprint density at radius 2 is 1.93 bits per heavy atom. The predicted molar refractivity (Wildman–Crippen MR) is 178 cm³/mol. The van der Waals surface area contributed by atoms with Crippen molar-refractivity contribution in [3.63, 3.8) is 0 Å². The molecule has 4 heterocycles. The highest BCUT2D eigenvalue weighted by atomic mass is 16.6. The first kappa shape index (κ1) is 33.0. The predicted octanol–water partition coefficient (Wildman–Crippen LogP) is 6.61. The van der Waals surface area contributed by atoms with E-state index >= 15 is 0 Å². The molecule has 0 radical (unpaired) electrons. The number of allylic oxidation sites excluding steroid dienone is 2. The number of carbonyl (C=O) groups is 1. The van der Waals surface area contributed by atoms with E-state index in [1.807, 2.05) is 0 Å². The molecule has 1 aromatic carbocycles. The maximum atomic E-state index is 12.6. The smallest absolute Gasteiger partial charge is 0.345 e. The Balaban J connectivity index is 1.32. The number of cyclic esters (lactones) is 1. The summed E-state index contributed by atoms with van der Waals surface area (Å²) < 4.78 is 17.8. The van der Waals surface area contributed by atoms with E-state index in [2.05, 4.69) is 68.2 Å². The Morgan fingerprint density at radius 3 is 2.70 bits per heavy atom. The van der Waals surface area contributed by atoms with E-state index in [1.165, 1.54) is 37.5 Å². The minimum Gasteiger partial charge on any atom is -0.492 e. The van der Waals surface area contributed by atoms with Gasteiger partial charge in [0.15, 0.2) is 11.5 Å². The largest absolute Gasteiger partial charge is 0.492 e. The molecule has 250 valence electrons. The van der Waals surface area contributed by atoms with Gasteiger partial charge in [0, 0.05) is 36.4 Å². The Labute approximate surface area is 275 Å². The monoisotopic (exact) mass is 631 g/mol. The van der Waals surface area contributed by atoms with E-state index < -0.39 is 18.7 Å². The van der Waals surface area contributed by atoms with Crippen LogP contribution in [-0.4, -0.2) is 59.5 Å². The second-order valence-electron chi connectivity index (χ2n) is 14.4. The van der Waals surface area contributed by atoms with Crippen LogP contribution in [0, 0.1) is 29.6 Å². The number of aliphatic hydroxyl groups excluding tert-OH is 2. The highest BCUT2D eigenvalue weighted by molar-refractivity contribution is 5.94. The number of piperidine rings is 1. The summed E-state index contributed by atoms with van der Waals surface area (Å²) in [6.07, 6.45) is 17.0. The van der Waals surface area contributed by atoms with Crippen molar-refractivity contribution >= 4 is 5.97 Å². The zero-order valence-corrected chi connectivity index (χ0v) is 28.1. The minimum atomic E-state index is -0.590. The van der Waals surface area contributed by atoms with Crippen molar-refractivity contribution in [2.24, 2.45) is 29.6 Å². The lowest BCUT2D eigenvalue weighted by Crippen LogP contribution is -2.58. The normalized spacial score (nSPS) is 33.6. The topological polar surface area (TPSA) is 88.5 Å². The van der Waals surface area contributed by atoms with Gasteiger partial charge >= 0.3 is 5.97 Å². The number of ether oxygens (including phenoxy) is 3. The number of hydrogen-bond acceptors (Lipinski definition) is 7. The van der Waals surface area contributed by atoms with Gasteiger partial charge in [-0.2, -0.15) is 0 Å². The van der Waals surface area contributed by atoms with Gasteiger partial charge in [0.2, 0.25) is 5.76 Å². The van der Waals surface area contributed by atoms with Gasteiger partial charge in [0.1, 0.15) is 11.3 Å².